The maximum Gasteiger partial charge on any atom is 0.269 e. The van der Waals surface area contributed by atoms with Gasteiger partial charge in [-0.25, -0.2) is 0 Å². The highest BCUT2D eigenvalue weighted by Crippen LogP contribution is 2.29. The number of benzene rings is 1. The van der Waals surface area contributed by atoms with Crippen molar-refractivity contribution in [3.05, 3.63) is 44.9 Å². The largest absolute Gasteiger partial charge is 0.269 e. The summed E-state index contributed by atoms with van der Waals surface area (Å²) < 4.78 is 0. The Morgan fingerprint density at radius 2 is 1.82 bits per heavy atom. The van der Waals surface area contributed by atoms with Crippen LogP contribution in [-0.4, -0.2) is 23.0 Å². The van der Waals surface area contributed by atoms with Crippen molar-refractivity contribution < 1.29 is 4.92 Å². The first-order valence-corrected chi connectivity index (χ1v) is 5.53. The Kier molecular flexibility index (Phi) is 3.32. The van der Waals surface area contributed by atoms with E-state index in [4.69, 9.17) is 0 Å². The summed E-state index contributed by atoms with van der Waals surface area (Å²) in [6, 6.07) is 6.65. The van der Waals surface area contributed by atoms with Gasteiger partial charge in [0.1, 0.15) is 0 Å². The number of piperidine rings is 1. The molecule has 0 atom stereocenters. The van der Waals surface area contributed by atoms with Gasteiger partial charge in [0, 0.05) is 25.2 Å². The zero-order chi connectivity index (χ0) is 12.3. The van der Waals surface area contributed by atoms with Gasteiger partial charge in [0.2, 0.25) is 0 Å². The zero-order valence-corrected chi connectivity index (χ0v) is 9.28. The summed E-state index contributed by atoms with van der Waals surface area (Å²) in [5.74, 6) is 0.369. The Bertz CT molecular complexity index is 410. The molecule has 1 fully saturated rings. The zero-order valence-electron chi connectivity index (χ0n) is 9.28. The van der Waals surface area contributed by atoms with E-state index in [2.05, 4.69) is 5.29 Å². The van der Waals surface area contributed by atoms with Gasteiger partial charge >= 0.3 is 0 Å². The van der Waals surface area contributed by atoms with E-state index < -0.39 is 4.92 Å². The Morgan fingerprint density at radius 1 is 1.24 bits per heavy atom. The van der Waals surface area contributed by atoms with Gasteiger partial charge in [-0.1, -0.05) is 12.1 Å². The first-order valence-electron chi connectivity index (χ1n) is 5.53. The molecular weight excluding hydrogens is 222 g/mol. The molecule has 2 rings (SSSR count). The van der Waals surface area contributed by atoms with Gasteiger partial charge in [0.15, 0.2) is 0 Å². The van der Waals surface area contributed by atoms with Crippen LogP contribution in [0.5, 0.6) is 0 Å². The molecule has 0 saturated carbocycles. The molecule has 6 nitrogen and oxygen atoms in total. The number of non-ortho nitro benzene ring substituents is 1. The molecule has 0 aromatic heterocycles. The second kappa shape index (κ2) is 4.90. The van der Waals surface area contributed by atoms with Crippen LogP contribution in [-0.2, 0) is 0 Å². The summed E-state index contributed by atoms with van der Waals surface area (Å²) in [6.07, 6.45) is 1.73. The molecule has 1 aliphatic rings. The van der Waals surface area contributed by atoms with Crippen molar-refractivity contribution in [2.45, 2.75) is 18.8 Å². The fraction of sp³-hybridized carbons (Fsp3) is 0.455. The van der Waals surface area contributed by atoms with Crippen LogP contribution in [0.15, 0.2) is 29.6 Å². The van der Waals surface area contributed by atoms with Crippen molar-refractivity contribution in [2.24, 2.45) is 5.29 Å². The van der Waals surface area contributed by atoms with Gasteiger partial charge < -0.3 is 0 Å². The number of rotatable bonds is 3. The first kappa shape index (κ1) is 11.5. The lowest BCUT2D eigenvalue weighted by Crippen LogP contribution is -2.28. The van der Waals surface area contributed by atoms with Crippen molar-refractivity contribution in [1.29, 1.82) is 0 Å². The van der Waals surface area contributed by atoms with Gasteiger partial charge in [-0.3, -0.25) is 15.1 Å². The van der Waals surface area contributed by atoms with Crippen LogP contribution in [0.25, 0.3) is 0 Å². The standard InChI is InChI=1S/C11H13N3O3/c15-12-13-7-5-10(6-8-13)9-1-3-11(4-2-9)14(16)17/h1-4,10H,5-8H2. The third-order valence-corrected chi connectivity index (χ3v) is 3.16. The quantitative estimate of drug-likeness (QED) is 0.458. The van der Waals surface area contributed by atoms with Crippen LogP contribution in [0.3, 0.4) is 0 Å². The molecule has 1 aliphatic heterocycles. The molecule has 0 bridgehead atoms. The molecule has 0 amide bonds. The first-order chi connectivity index (χ1) is 8.20. The van der Waals surface area contributed by atoms with Crippen LogP contribution >= 0.6 is 0 Å². The van der Waals surface area contributed by atoms with E-state index in [1.165, 1.54) is 17.1 Å². The van der Waals surface area contributed by atoms with Gasteiger partial charge in [-0.15, -0.1) is 4.91 Å². The fourth-order valence-electron chi connectivity index (χ4n) is 2.15. The molecular formula is C11H13N3O3. The third kappa shape index (κ3) is 2.58. The van der Waals surface area contributed by atoms with Crippen LogP contribution in [0, 0.1) is 15.0 Å². The second-order valence-corrected chi connectivity index (χ2v) is 4.16. The SMILES string of the molecule is O=NN1CCC(c2ccc([N+](=O)[O-])cc2)CC1. The van der Waals surface area contributed by atoms with E-state index in [1.54, 1.807) is 12.1 Å². The maximum absolute atomic E-state index is 10.5. The van der Waals surface area contributed by atoms with Gasteiger partial charge in [0.05, 0.1) is 10.2 Å². The number of nitroso groups, excluding NO2 is 1. The monoisotopic (exact) mass is 235 g/mol. The molecule has 1 saturated heterocycles. The Hall–Kier alpha value is -1.98. The van der Waals surface area contributed by atoms with Crippen molar-refractivity contribution >= 4 is 5.69 Å². The number of nitro benzene ring substituents is 1. The summed E-state index contributed by atoms with van der Waals surface area (Å²) in [7, 11) is 0. The molecule has 90 valence electrons. The molecule has 1 aromatic rings. The van der Waals surface area contributed by atoms with Crippen LogP contribution in [0.1, 0.15) is 24.3 Å². The molecule has 0 N–H and O–H groups in total. The predicted molar refractivity (Wildman–Crippen MR) is 62.4 cm³/mol. The highest BCUT2D eigenvalue weighted by atomic mass is 16.6. The third-order valence-electron chi connectivity index (χ3n) is 3.16. The van der Waals surface area contributed by atoms with Crippen molar-refractivity contribution in [1.82, 2.24) is 5.01 Å². The van der Waals surface area contributed by atoms with E-state index in [0.29, 0.717) is 19.0 Å². The Morgan fingerprint density at radius 3 is 2.29 bits per heavy atom. The lowest BCUT2D eigenvalue weighted by molar-refractivity contribution is -0.384. The Balaban J connectivity index is 2.03. The summed E-state index contributed by atoms with van der Waals surface area (Å²) in [5, 5.41) is 14.9. The lowest BCUT2D eigenvalue weighted by atomic mass is 9.90. The van der Waals surface area contributed by atoms with E-state index in [9.17, 15) is 15.0 Å². The van der Waals surface area contributed by atoms with E-state index in [1.807, 2.05) is 0 Å². The lowest BCUT2D eigenvalue weighted by Gasteiger charge is -2.27. The fourth-order valence-corrected chi connectivity index (χ4v) is 2.15. The van der Waals surface area contributed by atoms with Crippen LogP contribution < -0.4 is 0 Å². The minimum Gasteiger partial charge on any atom is -0.261 e. The van der Waals surface area contributed by atoms with E-state index in [0.717, 1.165) is 18.4 Å². The summed E-state index contributed by atoms with van der Waals surface area (Å²) in [4.78, 5) is 20.4. The van der Waals surface area contributed by atoms with Crippen molar-refractivity contribution in [3.63, 3.8) is 0 Å². The maximum atomic E-state index is 10.5. The van der Waals surface area contributed by atoms with E-state index in [-0.39, 0.29) is 5.69 Å². The van der Waals surface area contributed by atoms with Crippen LogP contribution in [0.4, 0.5) is 5.69 Å². The normalized spacial score (nSPS) is 16.8. The summed E-state index contributed by atoms with van der Waals surface area (Å²) in [5.41, 5.74) is 1.21. The molecule has 1 aromatic carbocycles. The molecule has 0 unspecified atom stereocenters. The topological polar surface area (TPSA) is 75.8 Å². The molecule has 0 radical (unpaired) electrons. The molecule has 0 aliphatic carbocycles. The predicted octanol–water partition coefficient (Wildman–Crippen LogP) is 2.46. The van der Waals surface area contributed by atoms with Gasteiger partial charge in [0.25, 0.3) is 5.69 Å². The number of nitrogens with zero attached hydrogens (tertiary/aromatic N) is 3. The molecule has 0 spiro atoms. The smallest absolute Gasteiger partial charge is 0.261 e. The van der Waals surface area contributed by atoms with Crippen molar-refractivity contribution in [2.75, 3.05) is 13.1 Å². The number of hydrogen-bond donors (Lipinski definition) is 0. The summed E-state index contributed by atoms with van der Waals surface area (Å²) >= 11 is 0. The minimum atomic E-state index is -0.400. The van der Waals surface area contributed by atoms with E-state index >= 15 is 0 Å². The Labute approximate surface area is 98.3 Å². The number of nitro groups is 1. The van der Waals surface area contributed by atoms with Crippen molar-refractivity contribution in [3.8, 4) is 0 Å². The average molecular weight is 235 g/mol. The molecule has 1 heterocycles. The summed E-state index contributed by atoms with van der Waals surface area (Å²) in [6.45, 7) is 1.32. The average Bonchev–Trinajstić information content (AvgIpc) is 2.39. The molecule has 6 heteroatoms. The van der Waals surface area contributed by atoms with Crippen LogP contribution in [0.2, 0.25) is 0 Å². The molecule has 17 heavy (non-hydrogen) atoms. The number of hydrogen-bond acceptors (Lipinski definition) is 4. The highest BCUT2D eigenvalue weighted by molar-refractivity contribution is 5.34. The van der Waals surface area contributed by atoms with Gasteiger partial charge in [-0.2, -0.15) is 0 Å². The van der Waals surface area contributed by atoms with Gasteiger partial charge in [-0.05, 0) is 24.3 Å². The minimum absolute atomic E-state index is 0.112. The highest BCUT2D eigenvalue weighted by Gasteiger charge is 2.20. The second-order valence-electron chi connectivity index (χ2n) is 4.16.